The van der Waals surface area contributed by atoms with Crippen LogP contribution in [-0.2, 0) is 18.3 Å². The number of nitrogens with one attached hydrogen (secondary N) is 4. The second-order valence-corrected chi connectivity index (χ2v) is 11.2. The number of rotatable bonds is 3. The quantitative estimate of drug-likeness (QED) is 0.239. The van der Waals surface area contributed by atoms with E-state index in [1.165, 1.54) is 5.56 Å². The number of benzene rings is 2. The second kappa shape index (κ2) is 8.65. The predicted octanol–water partition coefficient (Wildman–Crippen LogP) is 5.62. The molecule has 196 valence electrons. The van der Waals surface area contributed by atoms with E-state index in [1.807, 2.05) is 45.3 Å². The van der Waals surface area contributed by atoms with E-state index in [-0.39, 0.29) is 17.5 Å². The highest BCUT2D eigenvalue weighted by molar-refractivity contribution is 6.08. The van der Waals surface area contributed by atoms with Gasteiger partial charge < -0.3 is 9.84 Å². The lowest BCUT2D eigenvalue weighted by atomic mass is 9.83. The van der Waals surface area contributed by atoms with Gasteiger partial charge in [-0.25, -0.2) is 9.78 Å². The molecule has 0 fully saturated rings. The van der Waals surface area contributed by atoms with Crippen LogP contribution < -0.4 is 10.6 Å². The fourth-order valence-electron chi connectivity index (χ4n) is 5.54. The topological polar surface area (TPSA) is 137 Å². The Morgan fingerprint density at radius 1 is 1.03 bits per heavy atom. The van der Waals surface area contributed by atoms with Crippen LogP contribution in [0.5, 0.6) is 0 Å². The number of H-pyrrole nitrogens is 2. The maximum absolute atomic E-state index is 12.9. The van der Waals surface area contributed by atoms with E-state index in [2.05, 4.69) is 54.4 Å². The van der Waals surface area contributed by atoms with Crippen molar-refractivity contribution in [3.8, 4) is 11.3 Å². The normalized spacial score (nSPS) is 15.6. The molecule has 1 aliphatic carbocycles. The molecule has 1 atom stereocenters. The van der Waals surface area contributed by atoms with Crippen molar-refractivity contribution in [3.63, 3.8) is 0 Å². The molecule has 0 saturated heterocycles. The van der Waals surface area contributed by atoms with Gasteiger partial charge in [0.1, 0.15) is 5.76 Å². The molecule has 0 saturated carbocycles. The molecule has 10 nitrogen and oxygen atoms in total. The molecular formula is C29H28N8O2. The Balaban J connectivity index is 1.25. The Bertz CT molecular complexity index is 1870. The molecular weight excluding hydrogens is 492 g/mol. The second-order valence-electron chi connectivity index (χ2n) is 11.2. The van der Waals surface area contributed by atoms with Crippen molar-refractivity contribution in [1.29, 1.82) is 0 Å². The van der Waals surface area contributed by atoms with Crippen LogP contribution in [0.3, 0.4) is 0 Å². The lowest BCUT2D eigenvalue weighted by Crippen LogP contribution is -2.41. The number of amides is 2. The number of hydrogen-bond donors (Lipinski definition) is 4. The number of fused-ring (bicyclic) bond motifs is 6. The van der Waals surface area contributed by atoms with Crippen molar-refractivity contribution < 1.29 is 9.32 Å². The van der Waals surface area contributed by atoms with Gasteiger partial charge in [0.15, 0.2) is 5.82 Å². The van der Waals surface area contributed by atoms with Crippen molar-refractivity contribution in [1.82, 2.24) is 35.9 Å². The molecule has 0 spiro atoms. The molecule has 39 heavy (non-hydrogen) atoms. The molecule has 7 rings (SSSR count). The molecule has 0 radical (unpaired) electrons. The van der Waals surface area contributed by atoms with Crippen LogP contribution in [0, 0.1) is 0 Å². The summed E-state index contributed by atoms with van der Waals surface area (Å²) in [5.74, 6) is 1.12. The van der Waals surface area contributed by atoms with Gasteiger partial charge in [-0.2, -0.15) is 10.2 Å². The van der Waals surface area contributed by atoms with Gasteiger partial charge in [0.2, 0.25) is 0 Å². The SMILES string of the molecule is CC(C)(C)c1cc(NC(=O)NC2CCc3c(c(-c4ccc5[nH]ncc5c4)nc4ccc5[nH]ncc5c34)C2)no1. The van der Waals surface area contributed by atoms with Crippen molar-refractivity contribution in [3.05, 3.63) is 65.7 Å². The zero-order valence-corrected chi connectivity index (χ0v) is 21.9. The van der Waals surface area contributed by atoms with E-state index < -0.39 is 0 Å². The molecule has 2 aromatic carbocycles. The summed E-state index contributed by atoms with van der Waals surface area (Å²) in [6.45, 7) is 6.11. The number of aromatic amines is 2. The van der Waals surface area contributed by atoms with Gasteiger partial charge in [0.05, 0.1) is 34.6 Å². The highest BCUT2D eigenvalue weighted by atomic mass is 16.5. The smallest absolute Gasteiger partial charge is 0.320 e. The molecule has 6 aromatic rings. The number of aromatic nitrogens is 6. The molecule has 4 heterocycles. The first-order valence-electron chi connectivity index (χ1n) is 13.1. The van der Waals surface area contributed by atoms with Gasteiger partial charge in [-0.05, 0) is 54.7 Å². The number of hydrogen-bond acceptors (Lipinski definition) is 6. The Morgan fingerprint density at radius 3 is 2.69 bits per heavy atom. The van der Waals surface area contributed by atoms with Crippen LogP contribution in [0.2, 0.25) is 0 Å². The van der Waals surface area contributed by atoms with E-state index in [0.717, 1.165) is 62.4 Å². The minimum atomic E-state index is -0.301. The third-order valence-electron chi connectivity index (χ3n) is 7.52. The van der Waals surface area contributed by atoms with Gasteiger partial charge in [-0.1, -0.05) is 32.0 Å². The Kier molecular flexibility index (Phi) is 5.19. The number of pyridine rings is 1. The lowest BCUT2D eigenvalue weighted by Gasteiger charge is -2.28. The number of urea groups is 1. The third kappa shape index (κ3) is 4.08. The lowest BCUT2D eigenvalue weighted by molar-refractivity contribution is 0.247. The molecule has 4 N–H and O–H groups in total. The van der Waals surface area contributed by atoms with E-state index in [9.17, 15) is 4.79 Å². The largest absolute Gasteiger partial charge is 0.359 e. The van der Waals surface area contributed by atoms with Crippen LogP contribution in [0.25, 0.3) is 44.0 Å². The van der Waals surface area contributed by atoms with Crippen molar-refractivity contribution in [2.75, 3.05) is 5.32 Å². The summed E-state index contributed by atoms with van der Waals surface area (Å²) in [5.41, 5.74) is 7.08. The fourth-order valence-corrected chi connectivity index (χ4v) is 5.54. The maximum Gasteiger partial charge on any atom is 0.320 e. The molecule has 1 aliphatic rings. The summed E-state index contributed by atoms with van der Waals surface area (Å²) < 4.78 is 5.41. The average Bonchev–Trinajstić information content (AvgIpc) is 3.67. The van der Waals surface area contributed by atoms with E-state index in [1.54, 1.807) is 6.07 Å². The number of anilines is 1. The highest BCUT2D eigenvalue weighted by Crippen LogP contribution is 2.38. The Morgan fingerprint density at radius 2 is 1.85 bits per heavy atom. The van der Waals surface area contributed by atoms with Crippen LogP contribution >= 0.6 is 0 Å². The standard InChI is InChI=1S/C29H28N8O2/c1-29(2,3)24-12-25(37-39-24)34-28(38)32-17-5-6-18-19(11-17)27(15-4-7-21-16(10-15)13-30-35-21)33-23-9-8-22-20(26(18)23)14-31-36-22/h4,7-10,12-14,17H,5-6,11H2,1-3H3,(H,30,35)(H,31,36)(H2,32,34,37,38). The third-order valence-corrected chi connectivity index (χ3v) is 7.52. The minimum Gasteiger partial charge on any atom is -0.359 e. The predicted molar refractivity (Wildman–Crippen MR) is 150 cm³/mol. The molecule has 10 heteroatoms. The summed E-state index contributed by atoms with van der Waals surface area (Å²) in [7, 11) is 0. The van der Waals surface area contributed by atoms with Gasteiger partial charge in [-0.15, -0.1) is 0 Å². The van der Waals surface area contributed by atoms with Crippen LogP contribution in [-0.4, -0.2) is 42.6 Å². The van der Waals surface area contributed by atoms with Crippen molar-refractivity contribution >= 4 is 44.6 Å². The summed E-state index contributed by atoms with van der Waals surface area (Å²) in [6.07, 6.45) is 5.97. The highest BCUT2D eigenvalue weighted by Gasteiger charge is 2.28. The molecule has 0 bridgehead atoms. The summed E-state index contributed by atoms with van der Waals surface area (Å²) >= 11 is 0. The summed E-state index contributed by atoms with van der Waals surface area (Å²) in [4.78, 5) is 18.1. The zero-order chi connectivity index (χ0) is 26.7. The van der Waals surface area contributed by atoms with Crippen LogP contribution in [0.1, 0.15) is 44.1 Å². The molecule has 2 amide bonds. The molecule has 0 aliphatic heterocycles. The van der Waals surface area contributed by atoms with Crippen molar-refractivity contribution in [2.24, 2.45) is 0 Å². The number of nitrogens with zero attached hydrogens (tertiary/aromatic N) is 4. The summed E-state index contributed by atoms with van der Waals surface area (Å²) in [6, 6.07) is 11.7. The van der Waals surface area contributed by atoms with Gasteiger partial charge >= 0.3 is 6.03 Å². The monoisotopic (exact) mass is 520 g/mol. The molecule has 4 aromatic heterocycles. The summed E-state index contributed by atoms with van der Waals surface area (Å²) in [5, 5.41) is 27.8. The fraction of sp³-hybridized carbons (Fsp3) is 0.276. The van der Waals surface area contributed by atoms with Crippen molar-refractivity contribution in [2.45, 2.75) is 51.5 Å². The first-order chi connectivity index (χ1) is 18.8. The average molecular weight is 521 g/mol. The van der Waals surface area contributed by atoms with Crippen LogP contribution in [0.4, 0.5) is 10.6 Å². The number of carbonyl (C=O) groups is 1. The van der Waals surface area contributed by atoms with Gasteiger partial charge in [0, 0.05) is 39.2 Å². The molecule has 1 unspecified atom stereocenters. The number of aryl methyl sites for hydroxylation is 1. The Hall–Kier alpha value is -4.73. The minimum absolute atomic E-state index is 0.0642. The number of carbonyl (C=O) groups excluding carboxylic acids is 1. The first-order valence-corrected chi connectivity index (χ1v) is 13.1. The maximum atomic E-state index is 12.9. The first kappa shape index (κ1) is 23.4. The zero-order valence-electron chi connectivity index (χ0n) is 21.9. The van der Waals surface area contributed by atoms with Gasteiger partial charge in [-0.3, -0.25) is 15.5 Å². The van der Waals surface area contributed by atoms with E-state index >= 15 is 0 Å². The van der Waals surface area contributed by atoms with Gasteiger partial charge in [0.25, 0.3) is 0 Å². The van der Waals surface area contributed by atoms with E-state index in [0.29, 0.717) is 18.0 Å². The Labute approximate surface area is 223 Å². The van der Waals surface area contributed by atoms with Crippen LogP contribution in [0.15, 0.2) is 53.3 Å². The van der Waals surface area contributed by atoms with E-state index in [4.69, 9.17) is 9.51 Å².